The molecule has 0 saturated heterocycles. The van der Waals surface area contributed by atoms with Crippen molar-refractivity contribution in [2.45, 2.75) is 13.0 Å². The van der Waals surface area contributed by atoms with E-state index in [-0.39, 0.29) is 17.0 Å². The first-order valence-electron chi connectivity index (χ1n) is 9.24. The number of halogens is 1. The molecule has 6 rings (SSSR count). The highest BCUT2D eigenvalue weighted by molar-refractivity contribution is 6.24. The normalized spacial score (nSPS) is 14.9. The molecule has 0 bridgehead atoms. The molecule has 2 heteroatoms. The van der Waals surface area contributed by atoms with E-state index in [2.05, 4.69) is 89.6 Å². The third-order valence-electron chi connectivity index (χ3n) is 5.78. The van der Waals surface area contributed by atoms with Crippen LogP contribution in [0.15, 0.2) is 79.0 Å². The molecule has 0 amide bonds. The van der Waals surface area contributed by atoms with E-state index >= 15 is 0 Å². The van der Waals surface area contributed by atoms with Gasteiger partial charge in [0.1, 0.15) is 0 Å². The van der Waals surface area contributed by atoms with Crippen LogP contribution in [0.1, 0.15) is 17.7 Å². The molecule has 0 aliphatic carbocycles. The number of allylic oxidation sites excluding steroid dienone is 1. The number of benzene rings is 4. The summed E-state index contributed by atoms with van der Waals surface area (Å²) in [6, 6.07) is 26.7. The monoisotopic (exact) mass is 411 g/mol. The van der Waals surface area contributed by atoms with Crippen molar-refractivity contribution in [3.63, 3.8) is 0 Å². The van der Waals surface area contributed by atoms with Gasteiger partial charge in [-0.3, -0.25) is 0 Å². The number of nitrogens with zero attached hydrogens (tertiary/aromatic N) is 1. The van der Waals surface area contributed by atoms with E-state index < -0.39 is 0 Å². The van der Waals surface area contributed by atoms with Crippen molar-refractivity contribution < 1.29 is 21.5 Å². The highest BCUT2D eigenvalue weighted by atomic mass is 79.9. The maximum absolute atomic E-state index is 2.39. The van der Waals surface area contributed by atoms with Gasteiger partial charge in [-0.15, -0.1) is 0 Å². The van der Waals surface area contributed by atoms with Crippen molar-refractivity contribution in [2.24, 2.45) is 0 Å². The minimum atomic E-state index is 0. The SMILES string of the molecule is C(=C1/CC[n+]2ccccc21)/c1ccc2ccc3cccc4ccc1c2c34.[Br-]. The quantitative estimate of drug-likeness (QED) is 0.295. The Bertz CT molecular complexity index is 1320. The van der Waals surface area contributed by atoms with E-state index in [1.165, 1.54) is 49.1 Å². The third kappa shape index (κ3) is 2.40. The Balaban J connectivity index is 0.00000160. The van der Waals surface area contributed by atoms with Crippen LogP contribution in [0.4, 0.5) is 0 Å². The van der Waals surface area contributed by atoms with Gasteiger partial charge in [-0.05, 0) is 50.0 Å². The van der Waals surface area contributed by atoms with Crippen LogP contribution >= 0.6 is 0 Å². The third-order valence-corrected chi connectivity index (χ3v) is 5.78. The fourth-order valence-corrected chi connectivity index (χ4v) is 4.55. The van der Waals surface area contributed by atoms with Crippen molar-refractivity contribution in [3.05, 3.63) is 90.3 Å². The first-order chi connectivity index (χ1) is 12.9. The zero-order valence-electron chi connectivity index (χ0n) is 14.8. The fourth-order valence-electron chi connectivity index (χ4n) is 4.55. The summed E-state index contributed by atoms with van der Waals surface area (Å²) in [6.45, 7) is 1.08. The van der Waals surface area contributed by atoms with Gasteiger partial charge < -0.3 is 17.0 Å². The molecule has 0 spiro atoms. The van der Waals surface area contributed by atoms with E-state index in [0.29, 0.717) is 0 Å². The predicted octanol–water partition coefficient (Wildman–Crippen LogP) is 2.82. The van der Waals surface area contributed by atoms with E-state index in [9.17, 15) is 0 Å². The molecule has 0 fully saturated rings. The second-order valence-corrected chi connectivity index (χ2v) is 7.21. The van der Waals surface area contributed by atoms with Gasteiger partial charge in [0, 0.05) is 24.1 Å². The lowest BCUT2D eigenvalue weighted by atomic mass is 9.91. The Morgan fingerprint density at radius 2 is 1.44 bits per heavy atom. The van der Waals surface area contributed by atoms with Gasteiger partial charge in [0.15, 0.2) is 12.7 Å². The van der Waals surface area contributed by atoms with E-state index in [1.54, 1.807) is 0 Å². The molecule has 1 aliphatic rings. The number of pyridine rings is 1. The summed E-state index contributed by atoms with van der Waals surface area (Å²) < 4.78 is 2.35. The van der Waals surface area contributed by atoms with Gasteiger partial charge in [0.25, 0.3) is 0 Å². The predicted molar refractivity (Wildman–Crippen MR) is 109 cm³/mol. The summed E-state index contributed by atoms with van der Waals surface area (Å²) in [4.78, 5) is 0. The second kappa shape index (κ2) is 6.17. The Morgan fingerprint density at radius 3 is 2.30 bits per heavy atom. The summed E-state index contributed by atoms with van der Waals surface area (Å²) in [5, 5.41) is 8.12. The number of fused-ring (bicyclic) bond motifs is 1. The molecular formula is C25H18BrN. The minimum Gasteiger partial charge on any atom is -1.00 e. The van der Waals surface area contributed by atoms with Crippen molar-refractivity contribution in [1.82, 2.24) is 0 Å². The highest BCUT2D eigenvalue weighted by Crippen LogP contribution is 2.37. The molecule has 0 N–H and O–H groups in total. The van der Waals surface area contributed by atoms with Gasteiger partial charge in [-0.1, -0.05) is 54.6 Å². The largest absolute Gasteiger partial charge is 1.00 e. The maximum Gasteiger partial charge on any atom is 0.208 e. The van der Waals surface area contributed by atoms with Crippen LogP contribution in [0.3, 0.4) is 0 Å². The average Bonchev–Trinajstić information content (AvgIpc) is 3.10. The average molecular weight is 412 g/mol. The molecule has 5 aromatic rings. The van der Waals surface area contributed by atoms with Gasteiger partial charge in [-0.25, -0.2) is 0 Å². The number of hydrogen-bond acceptors (Lipinski definition) is 0. The zero-order chi connectivity index (χ0) is 17.1. The van der Waals surface area contributed by atoms with E-state index in [4.69, 9.17) is 0 Å². The molecule has 4 aromatic carbocycles. The zero-order valence-corrected chi connectivity index (χ0v) is 16.4. The topological polar surface area (TPSA) is 3.88 Å². The number of aromatic nitrogens is 1. The Labute approximate surface area is 168 Å². The van der Waals surface area contributed by atoms with E-state index in [1.807, 2.05) is 0 Å². The van der Waals surface area contributed by atoms with Crippen LogP contribution in [0.2, 0.25) is 0 Å². The highest BCUT2D eigenvalue weighted by Gasteiger charge is 2.23. The molecule has 130 valence electrons. The van der Waals surface area contributed by atoms with Crippen LogP contribution in [-0.2, 0) is 6.54 Å². The van der Waals surface area contributed by atoms with Crippen LogP contribution in [0.25, 0.3) is 44.0 Å². The van der Waals surface area contributed by atoms with Crippen molar-refractivity contribution >= 4 is 44.0 Å². The van der Waals surface area contributed by atoms with Gasteiger partial charge in [-0.2, -0.15) is 4.57 Å². The number of rotatable bonds is 1. The maximum atomic E-state index is 2.39. The Morgan fingerprint density at radius 1 is 0.704 bits per heavy atom. The lowest BCUT2D eigenvalue weighted by Crippen LogP contribution is -3.00. The molecule has 0 atom stereocenters. The first-order valence-corrected chi connectivity index (χ1v) is 9.24. The van der Waals surface area contributed by atoms with E-state index in [0.717, 1.165) is 13.0 Å². The van der Waals surface area contributed by atoms with Crippen LogP contribution in [-0.4, -0.2) is 0 Å². The summed E-state index contributed by atoms with van der Waals surface area (Å²) >= 11 is 0. The van der Waals surface area contributed by atoms with Crippen molar-refractivity contribution in [2.75, 3.05) is 0 Å². The summed E-state index contributed by atoms with van der Waals surface area (Å²) in [7, 11) is 0. The Kier molecular flexibility index (Phi) is 3.76. The summed E-state index contributed by atoms with van der Waals surface area (Å²) in [6.07, 6.45) is 5.68. The molecule has 1 aliphatic heterocycles. The number of aryl methyl sites for hydroxylation is 1. The smallest absolute Gasteiger partial charge is 0.208 e. The van der Waals surface area contributed by atoms with Gasteiger partial charge >= 0.3 is 0 Å². The molecule has 0 saturated carbocycles. The molecule has 1 nitrogen and oxygen atoms in total. The molecule has 2 heterocycles. The molecular weight excluding hydrogens is 394 g/mol. The molecule has 0 radical (unpaired) electrons. The molecule has 27 heavy (non-hydrogen) atoms. The van der Waals surface area contributed by atoms with Crippen LogP contribution in [0, 0.1) is 0 Å². The van der Waals surface area contributed by atoms with Crippen molar-refractivity contribution in [3.8, 4) is 0 Å². The van der Waals surface area contributed by atoms with Crippen molar-refractivity contribution in [1.29, 1.82) is 0 Å². The summed E-state index contributed by atoms with van der Waals surface area (Å²) in [5.74, 6) is 0. The number of hydrogen-bond donors (Lipinski definition) is 0. The van der Waals surface area contributed by atoms with Crippen LogP contribution < -0.4 is 21.5 Å². The second-order valence-electron chi connectivity index (χ2n) is 7.21. The first kappa shape index (κ1) is 16.5. The summed E-state index contributed by atoms with van der Waals surface area (Å²) in [5.41, 5.74) is 4.10. The lowest BCUT2D eigenvalue weighted by molar-refractivity contribution is -0.689. The standard InChI is InChI=1S/C25H18N.BrH/c1-2-14-26-15-13-21(23(26)6-1)16-20-10-9-19-8-7-17-4-3-5-18-11-12-22(20)25(19)24(17)18;/h1-12,14,16H,13,15H2;1H/q+1;/p-1/b21-16+;. The lowest BCUT2D eigenvalue weighted by Gasteiger charge is -2.12. The fraction of sp³-hybridized carbons (Fsp3) is 0.0800. The minimum absolute atomic E-state index is 0. The molecule has 0 unspecified atom stereocenters. The van der Waals surface area contributed by atoms with Gasteiger partial charge in [0.2, 0.25) is 5.69 Å². The Hall–Kier alpha value is -2.71. The van der Waals surface area contributed by atoms with Gasteiger partial charge in [0.05, 0.1) is 0 Å². The molecule has 1 aromatic heterocycles. The van der Waals surface area contributed by atoms with Crippen LogP contribution in [0.5, 0.6) is 0 Å².